The van der Waals surface area contributed by atoms with E-state index in [1.807, 2.05) is 18.2 Å². The van der Waals surface area contributed by atoms with Crippen LogP contribution < -0.4 is 10.4 Å². The highest BCUT2D eigenvalue weighted by molar-refractivity contribution is 7.99. The molecule has 0 amide bonds. The molecule has 1 aromatic carbocycles. The summed E-state index contributed by atoms with van der Waals surface area (Å²) in [6.07, 6.45) is 3.09. The van der Waals surface area contributed by atoms with E-state index in [1.54, 1.807) is 16.3 Å². The molecule has 1 aliphatic carbocycles. The number of nitrogens with zero attached hydrogens (tertiary/aromatic N) is 2. The van der Waals surface area contributed by atoms with Crippen LogP contribution in [0.15, 0.2) is 34.2 Å². The second kappa shape index (κ2) is 6.39. The molecule has 112 valence electrons. The SMILES string of the molecule is Cc1cccc(OCCCSc2n[nH]c(=O)n2C2CC2)c1. The molecule has 0 radical (unpaired) electrons. The third kappa shape index (κ3) is 3.69. The minimum atomic E-state index is -0.0870. The highest BCUT2D eigenvalue weighted by Gasteiger charge is 2.28. The molecule has 0 atom stereocenters. The Kier molecular flexibility index (Phi) is 4.34. The topological polar surface area (TPSA) is 59.9 Å². The van der Waals surface area contributed by atoms with Gasteiger partial charge in [0.05, 0.1) is 6.61 Å². The number of H-pyrrole nitrogens is 1. The predicted octanol–water partition coefficient (Wildman–Crippen LogP) is 2.78. The molecule has 0 spiro atoms. The van der Waals surface area contributed by atoms with E-state index in [0.717, 1.165) is 35.9 Å². The molecule has 1 N–H and O–H groups in total. The Morgan fingerprint density at radius 2 is 2.33 bits per heavy atom. The zero-order valence-electron chi connectivity index (χ0n) is 12.0. The molecule has 0 saturated heterocycles. The van der Waals surface area contributed by atoms with Crippen molar-refractivity contribution in [1.29, 1.82) is 0 Å². The number of rotatable bonds is 7. The van der Waals surface area contributed by atoms with Gasteiger partial charge in [-0.1, -0.05) is 23.9 Å². The number of ether oxygens (including phenoxy) is 1. The van der Waals surface area contributed by atoms with E-state index in [1.165, 1.54) is 5.56 Å². The zero-order chi connectivity index (χ0) is 14.7. The van der Waals surface area contributed by atoms with Crippen LogP contribution in [0.5, 0.6) is 5.75 Å². The van der Waals surface area contributed by atoms with Crippen molar-refractivity contribution in [3.8, 4) is 5.75 Å². The van der Waals surface area contributed by atoms with E-state index in [2.05, 4.69) is 23.2 Å². The summed E-state index contributed by atoms with van der Waals surface area (Å²) in [7, 11) is 0. The molecule has 2 aromatic rings. The minimum absolute atomic E-state index is 0.0870. The maximum Gasteiger partial charge on any atom is 0.344 e. The fourth-order valence-corrected chi connectivity index (χ4v) is 3.09. The molecule has 1 aliphatic rings. The van der Waals surface area contributed by atoms with Gasteiger partial charge in [-0.05, 0) is 43.9 Å². The van der Waals surface area contributed by atoms with E-state index >= 15 is 0 Å². The quantitative estimate of drug-likeness (QED) is 0.631. The number of aromatic amines is 1. The Morgan fingerprint density at radius 3 is 3.10 bits per heavy atom. The first-order valence-corrected chi connectivity index (χ1v) is 8.22. The molecule has 0 aliphatic heterocycles. The molecule has 21 heavy (non-hydrogen) atoms. The Hall–Kier alpha value is -1.69. The second-order valence-electron chi connectivity index (χ2n) is 5.28. The van der Waals surface area contributed by atoms with Crippen LogP contribution in [0.25, 0.3) is 0 Å². The van der Waals surface area contributed by atoms with Crippen LogP contribution in [0.1, 0.15) is 30.9 Å². The number of aromatic nitrogens is 3. The first-order chi connectivity index (χ1) is 10.2. The van der Waals surface area contributed by atoms with Crippen LogP contribution in [0.4, 0.5) is 0 Å². The first kappa shape index (κ1) is 14.3. The molecule has 1 aromatic heterocycles. The average Bonchev–Trinajstić information content (AvgIpc) is 3.23. The number of thioether (sulfide) groups is 1. The summed E-state index contributed by atoms with van der Waals surface area (Å²) in [4.78, 5) is 11.6. The van der Waals surface area contributed by atoms with Crippen LogP contribution in [-0.4, -0.2) is 27.1 Å². The van der Waals surface area contributed by atoms with Gasteiger partial charge in [-0.25, -0.2) is 9.89 Å². The van der Waals surface area contributed by atoms with Gasteiger partial charge in [0.25, 0.3) is 0 Å². The highest BCUT2D eigenvalue weighted by atomic mass is 32.2. The van der Waals surface area contributed by atoms with Gasteiger partial charge in [-0.2, -0.15) is 0 Å². The maximum absolute atomic E-state index is 11.6. The molecule has 3 rings (SSSR count). The summed E-state index contributed by atoms with van der Waals surface area (Å²) < 4.78 is 7.49. The fraction of sp³-hybridized carbons (Fsp3) is 0.467. The van der Waals surface area contributed by atoms with Crippen molar-refractivity contribution in [3.63, 3.8) is 0 Å². The number of hydrogen-bond acceptors (Lipinski definition) is 4. The van der Waals surface area contributed by atoms with E-state index in [4.69, 9.17) is 4.74 Å². The van der Waals surface area contributed by atoms with E-state index < -0.39 is 0 Å². The minimum Gasteiger partial charge on any atom is -0.494 e. The third-order valence-corrected chi connectivity index (χ3v) is 4.40. The van der Waals surface area contributed by atoms with Crippen LogP contribution >= 0.6 is 11.8 Å². The maximum atomic E-state index is 11.6. The molecular formula is C15H19N3O2S. The number of nitrogens with one attached hydrogen (secondary N) is 1. The summed E-state index contributed by atoms with van der Waals surface area (Å²) >= 11 is 1.62. The molecule has 1 saturated carbocycles. The Labute approximate surface area is 127 Å². The highest BCUT2D eigenvalue weighted by Crippen LogP contribution is 2.36. The monoisotopic (exact) mass is 305 g/mol. The summed E-state index contributed by atoms with van der Waals surface area (Å²) in [6.45, 7) is 2.73. The summed E-state index contributed by atoms with van der Waals surface area (Å²) in [5.41, 5.74) is 1.11. The number of aryl methyl sites for hydroxylation is 1. The molecule has 1 heterocycles. The third-order valence-electron chi connectivity index (χ3n) is 3.36. The molecule has 5 nitrogen and oxygen atoms in total. The van der Waals surface area contributed by atoms with Gasteiger partial charge in [-0.15, -0.1) is 5.10 Å². The smallest absolute Gasteiger partial charge is 0.344 e. The summed E-state index contributed by atoms with van der Waals surface area (Å²) in [5, 5.41) is 7.43. The van der Waals surface area contributed by atoms with Gasteiger partial charge < -0.3 is 4.74 Å². The van der Waals surface area contributed by atoms with E-state index in [-0.39, 0.29) is 5.69 Å². The van der Waals surface area contributed by atoms with Gasteiger partial charge >= 0.3 is 5.69 Å². The average molecular weight is 305 g/mol. The van der Waals surface area contributed by atoms with Crippen LogP contribution in [-0.2, 0) is 0 Å². The lowest BCUT2D eigenvalue weighted by Crippen LogP contribution is -2.16. The van der Waals surface area contributed by atoms with Crippen LogP contribution in [0.3, 0.4) is 0 Å². The summed E-state index contributed by atoms with van der Waals surface area (Å²) in [6, 6.07) is 8.42. The van der Waals surface area contributed by atoms with Crippen molar-refractivity contribution in [2.45, 2.75) is 37.4 Å². The van der Waals surface area contributed by atoms with Crippen LogP contribution in [0.2, 0.25) is 0 Å². The lowest BCUT2D eigenvalue weighted by Gasteiger charge is -2.07. The zero-order valence-corrected chi connectivity index (χ0v) is 12.9. The van der Waals surface area contributed by atoms with E-state index in [0.29, 0.717) is 12.6 Å². The molecular weight excluding hydrogens is 286 g/mol. The van der Waals surface area contributed by atoms with Crippen molar-refractivity contribution in [1.82, 2.24) is 14.8 Å². The van der Waals surface area contributed by atoms with Crippen molar-refractivity contribution in [3.05, 3.63) is 40.3 Å². The molecule has 0 bridgehead atoms. The Bertz CT molecular complexity index is 661. The number of benzene rings is 1. The fourth-order valence-electron chi connectivity index (χ4n) is 2.16. The molecule has 0 unspecified atom stereocenters. The lowest BCUT2D eigenvalue weighted by atomic mass is 10.2. The standard InChI is InChI=1S/C15H19N3O2S/c1-11-4-2-5-13(10-11)20-8-3-9-21-15-17-16-14(19)18(15)12-6-7-12/h2,4-5,10,12H,3,6-9H2,1H3,(H,16,19). The number of hydrogen-bond donors (Lipinski definition) is 1. The normalized spacial score (nSPS) is 14.3. The second-order valence-corrected chi connectivity index (χ2v) is 6.34. The van der Waals surface area contributed by atoms with Gasteiger partial charge in [0.2, 0.25) is 0 Å². The van der Waals surface area contributed by atoms with Crippen molar-refractivity contribution in [2.75, 3.05) is 12.4 Å². The molecule has 6 heteroatoms. The van der Waals surface area contributed by atoms with Crippen molar-refractivity contribution < 1.29 is 4.74 Å². The van der Waals surface area contributed by atoms with Gasteiger partial charge in [-0.3, -0.25) is 4.57 Å². The van der Waals surface area contributed by atoms with Crippen LogP contribution in [0, 0.1) is 6.92 Å². The molecule has 1 fully saturated rings. The lowest BCUT2D eigenvalue weighted by molar-refractivity contribution is 0.318. The van der Waals surface area contributed by atoms with E-state index in [9.17, 15) is 4.79 Å². The largest absolute Gasteiger partial charge is 0.494 e. The van der Waals surface area contributed by atoms with Gasteiger partial charge in [0, 0.05) is 11.8 Å². The van der Waals surface area contributed by atoms with Crippen molar-refractivity contribution >= 4 is 11.8 Å². The predicted molar refractivity (Wildman–Crippen MR) is 83.1 cm³/mol. The Morgan fingerprint density at radius 1 is 1.48 bits per heavy atom. The Balaban J connectivity index is 1.43. The van der Waals surface area contributed by atoms with Crippen molar-refractivity contribution in [2.24, 2.45) is 0 Å². The van der Waals surface area contributed by atoms with Gasteiger partial charge in [0.15, 0.2) is 5.16 Å². The first-order valence-electron chi connectivity index (χ1n) is 7.23. The summed E-state index contributed by atoms with van der Waals surface area (Å²) in [5.74, 6) is 1.80. The van der Waals surface area contributed by atoms with Gasteiger partial charge in [0.1, 0.15) is 5.75 Å².